The van der Waals surface area contributed by atoms with Crippen molar-refractivity contribution in [2.75, 3.05) is 5.32 Å². The number of nitrogens with zero attached hydrogens (tertiary/aromatic N) is 2. The van der Waals surface area contributed by atoms with Gasteiger partial charge < -0.3 is 19.5 Å². The fourth-order valence-corrected chi connectivity index (χ4v) is 4.34. The van der Waals surface area contributed by atoms with Crippen LogP contribution in [0.3, 0.4) is 0 Å². The first-order chi connectivity index (χ1) is 18.1. The minimum atomic E-state index is -2.91. The lowest BCUT2D eigenvalue weighted by atomic mass is 10.0. The molecule has 7 nitrogen and oxygen atoms in total. The molecule has 9 heteroatoms. The highest BCUT2D eigenvalue weighted by atomic mass is 19.3. The van der Waals surface area contributed by atoms with E-state index in [1.54, 1.807) is 24.4 Å². The zero-order valence-corrected chi connectivity index (χ0v) is 21.4. The third kappa shape index (κ3) is 5.18. The molecule has 1 aromatic heterocycles. The Balaban J connectivity index is 1.49. The van der Waals surface area contributed by atoms with Crippen molar-refractivity contribution in [3.8, 4) is 39.6 Å². The number of aromatic nitrogens is 2. The first kappa shape index (κ1) is 25.3. The highest BCUT2D eigenvalue weighted by Gasteiger charge is 2.34. The largest absolute Gasteiger partial charge is 0.449 e. The van der Waals surface area contributed by atoms with Crippen LogP contribution in [0.1, 0.15) is 39.2 Å². The van der Waals surface area contributed by atoms with Crippen LogP contribution < -0.4 is 19.5 Å². The number of nitrogens with one attached hydrogen (secondary N) is 1. The van der Waals surface area contributed by atoms with Gasteiger partial charge in [-0.2, -0.15) is 18.6 Å². The number of ether oxygens (including phenoxy) is 3. The van der Waals surface area contributed by atoms with Crippen LogP contribution >= 0.6 is 0 Å². The minimum absolute atomic E-state index is 0.0362. The predicted octanol–water partition coefficient (Wildman–Crippen LogP) is 7.53. The van der Waals surface area contributed by atoms with Crippen molar-refractivity contribution in [3.63, 3.8) is 0 Å². The smallest absolute Gasteiger partial charge is 0.387 e. The van der Waals surface area contributed by atoms with Crippen LogP contribution in [0.2, 0.25) is 0 Å². The molecule has 0 saturated carbocycles. The molecule has 0 radical (unpaired) electrons. The summed E-state index contributed by atoms with van der Waals surface area (Å²) in [6.07, 6.45) is 1.64. The van der Waals surface area contributed by atoms with Gasteiger partial charge in [0.1, 0.15) is 11.4 Å². The third-order valence-corrected chi connectivity index (χ3v) is 6.02. The van der Waals surface area contributed by atoms with E-state index in [2.05, 4.69) is 15.2 Å². The number of carbonyl (C=O) groups excluding carboxylic acids is 1. The number of alkyl halides is 2. The van der Waals surface area contributed by atoms with Crippen molar-refractivity contribution in [2.45, 2.75) is 46.0 Å². The predicted molar refractivity (Wildman–Crippen MR) is 140 cm³/mol. The number of hydrogen-bond donors (Lipinski definition) is 1. The van der Waals surface area contributed by atoms with Crippen LogP contribution in [0.5, 0.6) is 17.2 Å². The van der Waals surface area contributed by atoms with Gasteiger partial charge >= 0.3 is 12.6 Å². The number of carbonyl (C=O) groups is 1. The summed E-state index contributed by atoms with van der Waals surface area (Å²) in [7, 11) is 0. The molecular weight excluding hydrogens is 492 g/mol. The van der Waals surface area contributed by atoms with Crippen molar-refractivity contribution in [1.82, 2.24) is 9.78 Å². The van der Waals surface area contributed by atoms with E-state index in [4.69, 9.17) is 9.47 Å². The molecule has 5 rings (SSSR count). The summed E-state index contributed by atoms with van der Waals surface area (Å²) in [4.78, 5) is 13.3. The zero-order valence-electron chi connectivity index (χ0n) is 21.4. The second kappa shape index (κ2) is 9.81. The summed E-state index contributed by atoms with van der Waals surface area (Å²) < 4.78 is 42.8. The molecule has 0 spiro atoms. The standard InChI is InChI=1S/C29H27F2N3O4/c1-17(2)22-14-20(15-24-26(22)38-29(3,4)37-24)32-28(35)34-16-23(18-8-6-5-7-9-18)25(33-34)19-10-12-21(13-11-19)36-27(30)31/h5-17,27H,1-4H3,(H,32,35). The van der Waals surface area contributed by atoms with Crippen molar-refractivity contribution >= 4 is 11.7 Å². The number of anilines is 1. The van der Waals surface area contributed by atoms with Crippen LogP contribution in [-0.2, 0) is 0 Å². The lowest BCUT2D eigenvalue weighted by Gasteiger charge is -2.17. The molecule has 2 heterocycles. The van der Waals surface area contributed by atoms with Gasteiger partial charge in [-0.3, -0.25) is 0 Å². The van der Waals surface area contributed by atoms with Crippen LogP contribution in [-0.4, -0.2) is 28.2 Å². The van der Waals surface area contributed by atoms with E-state index < -0.39 is 18.4 Å². The first-order valence-corrected chi connectivity index (χ1v) is 12.2. The summed E-state index contributed by atoms with van der Waals surface area (Å²) in [5.41, 5.74) is 4.18. The van der Waals surface area contributed by atoms with Gasteiger partial charge in [0.25, 0.3) is 0 Å². The fraction of sp³-hybridized carbons (Fsp3) is 0.241. The Morgan fingerprint density at radius 2 is 1.71 bits per heavy atom. The van der Waals surface area contributed by atoms with Gasteiger partial charge in [0.15, 0.2) is 11.5 Å². The van der Waals surface area contributed by atoms with Gasteiger partial charge in [-0.1, -0.05) is 44.2 Å². The van der Waals surface area contributed by atoms with Crippen LogP contribution in [0, 0.1) is 0 Å². The summed E-state index contributed by atoms with van der Waals surface area (Å²) in [6.45, 7) is 4.83. The van der Waals surface area contributed by atoms with Crippen LogP contribution in [0.4, 0.5) is 19.3 Å². The number of benzene rings is 3. The van der Waals surface area contributed by atoms with E-state index in [1.807, 2.05) is 64.1 Å². The molecule has 3 aromatic carbocycles. The van der Waals surface area contributed by atoms with Crippen molar-refractivity contribution < 1.29 is 27.8 Å². The van der Waals surface area contributed by atoms with Crippen molar-refractivity contribution in [3.05, 3.63) is 78.5 Å². The highest BCUT2D eigenvalue weighted by molar-refractivity contribution is 5.93. The summed E-state index contributed by atoms with van der Waals surface area (Å²) >= 11 is 0. The Labute approximate surface area is 219 Å². The Morgan fingerprint density at radius 1 is 1.00 bits per heavy atom. The quantitative estimate of drug-likeness (QED) is 0.285. The molecule has 38 heavy (non-hydrogen) atoms. The molecule has 196 valence electrons. The monoisotopic (exact) mass is 519 g/mol. The van der Waals surface area contributed by atoms with Gasteiger partial charge in [0.05, 0.1) is 0 Å². The van der Waals surface area contributed by atoms with E-state index in [9.17, 15) is 13.6 Å². The maximum Gasteiger partial charge on any atom is 0.387 e. The van der Waals surface area contributed by atoms with Gasteiger partial charge in [-0.25, -0.2) is 4.79 Å². The maximum atomic E-state index is 13.3. The first-order valence-electron chi connectivity index (χ1n) is 12.2. The molecule has 4 aromatic rings. The normalized spacial score (nSPS) is 13.7. The van der Waals surface area contributed by atoms with E-state index in [0.29, 0.717) is 34.0 Å². The lowest BCUT2D eigenvalue weighted by Crippen LogP contribution is -2.29. The molecule has 0 bridgehead atoms. The van der Waals surface area contributed by atoms with Gasteiger partial charge in [-0.05, 0) is 41.8 Å². The zero-order chi connectivity index (χ0) is 27.0. The molecule has 0 aliphatic carbocycles. The molecule has 0 atom stereocenters. The third-order valence-electron chi connectivity index (χ3n) is 6.02. The number of hydrogen-bond acceptors (Lipinski definition) is 5. The van der Waals surface area contributed by atoms with Crippen LogP contribution in [0.25, 0.3) is 22.4 Å². The topological polar surface area (TPSA) is 74.6 Å². The molecule has 0 unspecified atom stereocenters. The molecule has 1 N–H and O–H groups in total. The molecule has 1 amide bonds. The molecule has 0 fully saturated rings. The average Bonchev–Trinajstić information content (AvgIpc) is 3.44. The van der Waals surface area contributed by atoms with Crippen molar-refractivity contribution in [2.24, 2.45) is 0 Å². The summed E-state index contributed by atoms with van der Waals surface area (Å²) in [5, 5.41) is 7.46. The summed E-state index contributed by atoms with van der Waals surface area (Å²) in [6, 6.07) is 18.8. The number of halogens is 2. The van der Waals surface area contributed by atoms with E-state index >= 15 is 0 Å². The number of rotatable bonds is 6. The minimum Gasteiger partial charge on any atom is -0.449 e. The molecular formula is C29H27F2N3O4. The Kier molecular flexibility index (Phi) is 6.52. The second-order valence-corrected chi connectivity index (χ2v) is 9.69. The van der Waals surface area contributed by atoms with Crippen LogP contribution in [0.15, 0.2) is 72.9 Å². The van der Waals surface area contributed by atoms with E-state index in [-0.39, 0.29) is 11.7 Å². The molecule has 0 saturated heterocycles. The van der Waals surface area contributed by atoms with Gasteiger partial charge in [-0.15, -0.1) is 0 Å². The lowest BCUT2D eigenvalue weighted by molar-refractivity contribution is -0.0499. The van der Waals surface area contributed by atoms with Gasteiger partial charge in [0, 0.05) is 48.5 Å². The van der Waals surface area contributed by atoms with Crippen molar-refractivity contribution in [1.29, 1.82) is 0 Å². The molecule has 1 aliphatic rings. The number of fused-ring (bicyclic) bond motifs is 1. The van der Waals surface area contributed by atoms with E-state index in [0.717, 1.165) is 11.1 Å². The highest BCUT2D eigenvalue weighted by Crippen LogP contribution is 2.46. The Hall–Kier alpha value is -4.40. The Bertz CT molecular complexity index is 1470. The summed E-state index contributed by atoms with van der Waals surface area (Å²) in [5.74, 6) is 0.611. The van der Waals surface area contributed by atoms with Gasteiger partial charge in [0.2, 0.25) is 5.79 Å². The average molecular weight is 520 g/mol. The molecule has 1 aliphatic heterocycles. The Morgan fingerprint density at radius 3 is 2.37 bits per heavy atom. The fourth-order valence-electron chi connectivity index (χ4n) is 4.34. The van der Waals surface area contributed by atoms with E-state index in [1.165, 1.54) is 16.8 Å². The SMILES string of the molecule is CC(C)c1cc(NC(=O)n2cc(-c3ccccc3)c(-c3ccc(OC(F)F)cc3)n2)cc2c1OC(C)(C)O2. The number of amides is 1. The maximum absolute atomic E-state index is 13.3. The second-order valence-electron chi connectivity index (χ2n) is 9.69.